The van der Waals surface area contributed by atoms with E-state index in [0.29, 0.717) is 23.5 Å². The van der Waals surface area contributed by atoms with Gasteiger partial charge in [-0.3, -0.25) is 4.99 Å². The Bertz CT molecular complexity index is 488. The summed E-state index contributed by atoms with van der Waals surface area (Å²) >= 11 is 0. The lowest BCUT2D eigenvalue weighted by Gasteiger charge is -2.26. The predicted octanol–water partition coefficient (Wildman–Crippen LogP) is 2.56. The summed E-state index contributed by atoms with van der Waals surface area (Å²) in [5.41, 5.74) is 0.388. The highest BCUT2D eigenvalue weighted by Crippen LogP contribution is 2.41. The van der Waals surface area contributed by atoms with Crippen molar-refractivity contribution < 1.29 is 8.42 Å². The second kappa shape index (κ2) is 9.44. The van der Waals surface area contributed by atoms with Gasteiger partial charge in [0.1, 0.15) is 0 Å². The summed E-state index contributed by atoms with van der Waals surface area (Å²) in [7, 11) is -2.80. The van der Waals surface area contributed by atoms with Crippen LogP contribution in [-0.4, -0.2) is 45.5 Å². The van der Waals surface area contributed by atoms with Crippen LogP contribution >= 0.6 is 24.0 Å². The van der Waals surface area contributed by atoms with Gasteiger partial charge in [0, 0.05) is 19.6 Å². The van der Waals surface area contributed by atoms with Crippen LogP contribution in [-0.2, 0) is 9.84 Å². The van der Waals surface area contributed by atoms with E-state index in [-0.39, 0.29) is 29.9 Å². The number of nitrogens with one attached hydrogen (secondary N) is 2. The van der Waals surface area contributed by atoms with Crippen molar-refractivity contribution in [3.05, 3.63) is 0 Å². The molecule has 1 atom stereocenters. The smallest absolute Gasteiger partial charge is 0.191 e. The fourth-order valence-corrected chi connectivity index (χ4v) is 5.47. The Balaban J connectivity index is 0.00000264. The Kier molecular flexibility index (Phi) is 8.61. The molecule has 1 aliphatic carbocycles. The summed E-state index contributed by atoms with van der Waals surface area (Å²) < 4.78 is 23.0. The van der Waals surface area contributed by atoms with E-state index in [4.69, 9.17) is 4.99 Å². The van der Waals surface area contributed by atoms with Crippen LogP contribution in [0.3, 0.4) is 0 Å². The maximum absolute atomic E-state index is 11.5. The number of nitrogens with zero attached hydrogens (tertiary/aromatic N) is 1. The average molecular weight is 457 g/mol. The van der Waals surface area contributed by atoms with Crippen LogP contribution in [0.2, 0.25) is 0 Å². The molecule has 2 rings (SSSR count). The maximum atomic E-state index is 11.5. The molecule has 0 amide bonds. The normalized spacial score (nSPS) is 25.8. The van der Waals surface area contributed by atoms with Gasteiger partial charge in [-0.05, 0) is 43.9 Å². The maximum Gasteiger partial charge on any atom is 0.191 e. The van der Waals surface area contributed by atoms with Gasteiger partial charge in [-0.2, -0.15) is 0 Å². The van der Waals surface area contributed by atoms with Crippen LogP contribution in [0.5, 0.6) is 0 Å². The van der Waals surface area contributed by atoms with Crippen molar-refractivity contribution in [1.82, 2.24) is 10.6 Å². The topological polar surface area (TPSA) is 70.6 Å². The standard InChI is InChI=1S/C16H31N3O2S.HI/c1-3-16(8-5-6-9-16)13-19-15(17-4-2)18-11-14-7-10-22(20,21)12-14;/h14H,3-13H2,1-2H3,(H2,17,18,19);1H. The van der Waals surface area contributed by atoms with Crippen LogP contribution in [0.15, 0.2) is 4.99 Å². The number of hydrogen-bond donors (Lipinski definition) is 2. The van der Waals surface area contributed by atoms with Crippen molar-refractivity contribution in [2.45, 2.75) is 52.4 Å². The van der Waals surface area contributed by atoms with Gasteiger partial charge in [0.15, 0.2) is 15.8 Å². The Morgan fingerprint density at radius 1 is 1.22 bits per heavy atom. The molecule has 136 valence electrons. The van der Waals surface area contributed by atoms with E-state index in [1.807, 2.05) is 0 Å². The minimum Gasteiger partial charge on any atom is -0.357 e. The first kappa shape index (κ1) is 21.0. The molecule has 2 N–H and O–H groups in total. The zero-order valence-corrected chi connectivity index (χ0v) is 17.6. The van der Waals surface area contributed by atoms with Gasteiger partial charge in [0.2, 0.25) is 0 Å². The lowest BCUT2D eigenvalue weighted by atomic mass is 9.84. The molecule has 1 saturated carbocycles. The monoisotopic (exact) mass is 457 g/mol. The number of rotatable bonds is 6. The number of hydrogen-bond acceptors (Lipinski definition) is 3. The lowest BCUT2D eigenvalue weighted by molar-refractivity contribution is 0.297. The summed E-state index contributed by atoms with van der Waals surface area (Å²) in [5.74, 6) is 1.72. The van der Waals surface area contributed by atoms with Crippen molar-refractivity contribution >= 4 is 39.8 Å². The van der Waals surface area contributed by atoms with Gasteiger partial charge in [-0.15, -0.1) is 24.0 Å². The molecule has 1 heterocycles. The van der Waals surface area contributed by atoms with E-state index in [1.54, 1.807) is 0 Å². The predicted molar refractivity (Wildman–Crippen MR) is 107 cm³/mol. The molecular weight excluding hydrogens is 425 g/mol. The molecule has 0 bridgehead atoms. The van der Waals surface area contributed by atoms with Crippen LogP contribution < -0.4 is 10.6 Å². The van der Waals surface area contributed by atoms with Crippen molar-refractivity contribution in [3.8, 4) is 0 Å². The number of sulfone groups is 1. The number of halogens is 1. The first-order chi connectivity index (χ1) is 10.5. The van der Waals surface area contributed by atoms with Crippen LogP contribution in [0, 0.1) is 11.3 Å². The highest BCUT2D eigenvalue weighted by Gasteiger charge is 2.32. The van der Waals surface area contributed by atoms with E-state index in [2.05, 4.69) is 24.5 Å². The Hall–Kier alpha value is -0.0500. The summed E-state index contributed by atoms with van der Waals surface area (Å²) in [5, 5.41) is 6.62. The zero-order valence-electron chi connectivity index (χ0n) is 14.4. The van der Waals surface area contributed by atoms with Crippen LogP contribution in [0.4, 0.5) is 0 Å². The van der Waals surface area contributed by atoms with Gasteiger partial charge in [-0.1, -0.05) is 19.8 Å². The second-order valence-corrected chi connectivity index (χ2v) is 9.13. The second-order valence-electron chi connectivity index (χ2n) is 6.91. The molecule has 0 radical (unpaired) electrons. The minimum atomic E-state index is -2.80. The van der Waals surface area contributed by atoms with E-state index in [1.165, 1.54) is 32.1 Å². The SMILES string of the molecule is CCNC(=NCC1(CC)CCCC1)NCC1CCS(=O)(=O)C1.I. The summed E-state index contributed by atoms with van der Waals surface area (Å²) in [4.78, 5) is 4.78. The fraction of sp³-hybridized carbons (Fsp3) is 0.938. The van der Waals surface area contributed by atoms with Crippen molar-refractivity contribution in [3.63, 3.8) is 0 Å². The molecule has 1 unspecified atom stereocenters. The lowest BCUT2D eigenvalue weighted by Crippen LogP contribution is -2.40. The molecule has 2 aliphatic rings. The average Bonchev–Trinajstić information content (AvgIpc) is 3.09. The summed E-state index contributed by atoms with van der Waals surface area (Å²) in [6, 6.07) is 0. The quantitative estimate of drug-likeness (QED) is 0.366. The van der Waals surface area contributed by atoms with Gasteiger partial charge >= 0.3 is 0 Å². The summed E-state index contributed by atoms with van der Waals surface area (Å²) in [6.45, 7) is 6.73. The third kappa shape index (κ3) is 6.40. The van der Waals surface area contributed by atoms with Crippen molar-refractivity contribution in [1.29, 1.82) is 0 Å². The molecule has 0 aromatic carbocycles. The molecule has 23 heavy (non-hydrogen) atoms. The first-order valence-corrected chi connectivity index (χ1v) is 10.5. The molecule has 1 saturated heterocycles. The Labute approximate surface area is 158 Å². The van der Waals surface area contributed by atoms with Crippen LogP contribution in [0.1, 0.15) is 52.4 Å². The van der Waals surface area contributed by atoms with Gasteiger partial charge < -0.3 is 10.6 Å². The zero-order chi connectivity index (χ0) is 16.1. The van der Waals surface area contributed by atoms with Gasteiger partial charge in [-0.25, -0.2) is 8.42 Å². The molecule has 5 nitrogen and oxygen atoms in total. The molecule has 2 fully saturated rings. The van der Waals surface area contributed by atoms with Gasteiger partial charge in [0.05, 0.1) is 11.5 Å². The first-order valence-electron chi connectivity index (χ1n) is 8.71. The Morgan fingerprint density at radius 2 is 1.91 bits per heavy atom. The molecule has 0 spiro atoms. The molecule has 0 aromatic rings. The van der Waals surface area contributed by atoms with E-state index >= 15 is 0 Å². The van der Waals surface area contributed by atoms with E-state index < -0.39 is 9.84 Å². The number of aliphatic imine (C=N–C) groups is 1. The van der Waals surface area contributed by atoms with Crippen LogP contribution in [0.25, 0.3) is 0 Å². The van der Waals surface area contributed by atoms with E-state index in [0.717, 1.165) is 25.5 Å². The minimum absolute atomic E-state index is 0. The molecular formula is C16H32IN3O2S. The van der Waals surface area contributed by atoms with Crippen molar-refractivity contribution in [2.24, 2.45) is 16.3 Å². The van der Waals surface area contributed by atoms with E-state index in [9.17, 15) is 8.42 Å². The highest BCUT2D eigenvalue weighted by molar-refractivity contribution is 14.0. The van der Waals surface area contributed by atoms with Crippen molar-refractivity contribution in [2.75, 3.05) is 31.1 Å². The molecule has 1 aliphatic heterocycles. The largest absolute Gasteiger partial charge is 0.357 e. The summed E-state index contributed by atoms with van der Waals surface area (Å²) in [6.07, 6.45) is 7.19. The molecule has 7 heteroatoms. The Morgan fingerprint density at radius 3 is 2.43 bits per heavy atom. The number of guanidine groups is 1. The van der Waals surface area contributed by atoms with Gasteiger partial charge in [0.25, 0.3) is 0 Å². The third-order valence-corrected chi connectivity index (χ3v) is 7.05. The highest BCUT2D eigenvalue weighted by atomic mass is 127. The fourth-order valence-electron chi connectivity index (χ4n) is 3.61. The molecule has 0 aromatic heterocycles. The third-order valence-electron chi connectivity index (χ3n) is 5.22.